The van der Waals surface area contributed by atoms with Gasteiger partial charge in [-0.15, -0.1) is 11.8 Å². The van der Waals surface area contributed by atoms with Crippen LogP contribution >= 0.6 is 11.8 Å². The standard InChI is InChI=1S/C18H20N2O3S/c1-13-16(8-10-23-13)24-12-17(21)19-11-14-4-6-15(7-5-14)20-9-2-3-18(20)22/h4-8,10H,2-3,9,11-12H2,1H3,(H,19,21). The highest BCUT2D eigenvalue weighted by Crippen LogP contribution is 2.23. The molecule has 2 amide bonds. The number of carbonyl (C=O) groups excluding carboxylic acids is 2. The van der Waals surface area contributed by atoms with Crippen molar-refractivity contribution >= 4 is 29.3 Å². The van der Waals surface area contributed by atoms with Gasteiger partial charge in [-0.25, -0.2) is 0 Å². The van der Waals surface area contributed by atoms with Crippen molar-refractivity contribution in [1.29, 1.82) is 0 Å². The van der Waals surface area contributed by atoms with Crippen LogP contribution in [0.4, 0.5) is 5.69 Å². The first-order valence-corrected chi connectivity index (χ1v) is 8.95. The molecule has 0 atom stereocenters. The molecule has 1 aliphatic rings. The van der Waals surface area contributed by atoms with Crippen LogP contribution in [0.15, 0.2) is 45.9 Å². The maximum absolute atomic E-state index is 11.9. The van der Waals surface area contributed by atoms with Crippen LogP contribution in [0, 0.1) is 6.92 Å². The van der Waals surface area contributed by atoms with Crippen LogP contribution in [0.3, 0.4) is 0 Å². The molecule has 0 spiro atoms. The van der Waals surface area contributed by atoms with Gasteiger partial charge >= 0.3 is 0 Å². The molecule has 126 valence electrons. The van der Waals surface area contributed by atoms with Crippen molar-refractivity contribution in [2.75, 3.05) is 17.2 Å². The summed E-state index contributed by atoms with van der Waals surface area (Å²) in [4.78, 5) is 26.5. The zero-order valence-electron chi connectivity index (χ0n) is 13.6. The fourth-order valence-corrected chi connectivity index (χ4v) is 3.42. The van der Waals surface area contributed by atoms with E-state index < -0.39 is 0 Å². The van der Waals surface area contributed by atoms with Crippen molar-refractivity contribution in [3.8, 4) is 0 Å². The lowest BCUT2D eigenvalue weighted by Gasteiger charge is -2.16. The van der Waals surface area contributed by atoms with E-state index in [-0.39, 0.29) is 11.8 Å². The lowest BCUT2D eigenvalue weighted by Crippen LogP contribution is -2.25. The average molecular weight is 344 g/mol. The third kappa shape index (κ3) is 4.00. The lowest BCUT2D eigenvalue weighted by molar-refractivity contribution is -0.119. The summed E-state index contributed by atoms with van der Waals surface area (Å²) in [6.07, 6.45) is 3.18. The molecular weight excluding hydrogens is 324 g/mol. The molecule has 0 aliphatic carbocycles. The molecule has 2 heterocycles. The van der Waals surface area contributed by atoms with E-state index in [1.165, 1.54) is 11.8 Å². The van der Waals surface area contributed by atoms with Gasteiger partial charge in [0.1, 0.15) is 5.76 Å². The number of hydrogen-bond donors (Lipinski definition) is 1. The lowest BCUT2D eigenvalue weighted by atomic mass is 10.2. The van der Waals surface area contributed by atoms with Crippen molar-refractivity contribution in [2.45, 2.75) is 31.2 Å². The van der Waals surface area contributed by atoms with Gasteiger partial charge in [-0.05, 0) is 37.1 Å². The normalized spacial score (nSPS) is 14.2. The highest BCUT2D eigenvalue weighted by molar-refractivity contribution is 8.00. The number of thioether (sulfide) groups is 1. The van der Waals surface area contributed by atoms with Gasteiger partial charge in [-0.1, -0.05) is 12.1 Å². The minimum atomic E-state index is -0.0144. The summed E-state index contributed by atoms with van der Waals surface area (Å²) in [5.41, 5.74) is 1.95. The first kappa shape index (κ1) is 16.6. The van der Waals surface area contributed by atoms with E-state index in [4.69, 9.17) is 4.42 Å². The summed E-state index contributed by atoms with van der Waals surface area (Å²) < 4.78 is 5.21. The number of nitrogens with one attached hydrogen (secondary N) is 1. The van der Waals surface area contributed by atoms with E-state index in [1.807, 2.05) is 42.2 Å². The third-order valence-corrected chi connectivity index (χ3v) is 5.12. The van der Waals surface area contributed by atoms with E-state index in [2.05, 4.69) is 5.32 Å². The van der Waals surface area contributed by atoms with E-state index in [0.29, 0.717) is 18.7 Å². The second kappa shape index (κ2) is 7.57. The maximum Gasteiger partial charge on any atom is 0.230 e. The van der Waals surface area contributed by atoms with E-state index in [0.717, 1.165) is 34.9 Å². The van der Waals surface area contributed by atoms with Crippen LogP contribution in [0.2, 0.25) is 0 Å². The molecule has 1 aromatic carbocycles. The molecular formula is C18H20N2O3S. The van der Waals surface area contributed by atoms with Crippen LogP contribution in [0.1, 0.15) is 24.2 Å². The molecule has 2 aromatic rings. The molecule has 1 N–H and O–H groups in total. The van der Waals surface area contributed by atoms with Gasteiger partial charge in [0.05, 0.1) is 12.0 Å². The highest BCUT2D eigenvalue weighted by Gasteiger charge is 2.21. The fourth-order valence-electron chi connectivity index (χ4n) is 2.63. The van der Waals surface area contributed by atoms with Crippen molar-refractivity contribution in [1.82, 2.24) is 5.32 Å². The highest BCUT2D eigenvalue weighted by atomic mass is 32.2. The fraction of sp³-hybridized carbons (Fsp3) is 0.333. The Balaban J connectivity index is 1.47. The monoisotopic (exact) mass is 344 g/mol. The molecule has 5 nitrogen and oxygen atoms in total. The molecule has 0 bridgehead atoms. The van der Waals surface area contributed by atoms with Crippen LogP contribution in [-0.4, -0.2) is 24.1 Å². The number of rotatable bonds is 6. The topological polar surface area (TPSA) is 62.6 Å². The van der Waals surface area contributed by atoms with E-state index >= 15 is 0 Å². The zero-order valence-corrected chi connectivity index (χ0v) is 14.4. The summed E-state index contributed by atoms with van der Waals surface area (Å²) >= 11 is 1.47. The molecule has 0 radical (unpaired) electrons. The molecule has 1 fully saturated rings. The number of aryl methyl sites for hydroxylation is 1. The van der Waals surface area contributed by atoms with Gasteiger partial charge in [0.15, 0.2) is 0 Å². The van der Waals surface area contributed by atoms with Gasteiger partial charge < -0.3 is 14.6 Å². The molecule has 24 heavy (non-hydrogen) atoms. The van der Waals surface area contributed by atoms with Crippen molar-refractivity contribution in [3.63, 3.8) is 0 Å². The summed E-state index contributed by atoms with van der Waals surface area (Å²) in [5, 5.41) is 2.91. The molecule has 0 saturated carbocycles. The first-order chi connectivity index (χ1) is 11.6. The van der Waals surface area contributed by atoms with Crippen LogP contribution in [0.5, 0.6) is 0 Å². The van der Waals surface area contributed by atoms with E-state index in [9.17, 15) is 9.59 Å². The Morgan fingerprint density at radius 3 is 2.71 bits per heavy atom. The predicted molar refractivity (Wildman–Crippen MR) is 94.0 cm³/mol. The molecule has 1 saturated heterocycles. The summed E-state index contributed by atoms with van der Waals surface area (Å²) in [6.45, 7) is 3.16. The van der Waals surface area contributed by atoms with Gasteiger partial charge in [0.2, 0.25) is 11.8 Å². The predicted octanol–water partition coefficient (Wildman–Crippen LogP) is 3.12. The second-order valence-electron chi connectivity index (χ2n) is 5.72. The van der Waals surface area contributed by atoms with Crippen LogP contribution < -0.4 is 10.2 Å². The third-order valence-electron chi connectivity index (χ3n) is 3.98. The number of amides is 2. The number of hydrogen-bond acceptors (Lipinski definition) is 4. The number of benzene rings is 1. The molecule has 1 aliphatic heterocycles. The van der Waals surface area contributed by atoms with E-state index in [1.54, 1.807) is 6.26 Å². The molecule has 6 heteroatoms. The van der Waals surface area contributed by atoms with Crippen molar-refractivity contribution < 1.29 is 14.0 Å². The minimum Gasteiger partial charge on any atom is -0.468 e. The molecule has 3 rings (SSSR count). The Morgan fingerprint density at radius 1 is 1.29 bits per heavy atom. The average Bonchev–Trinajstić information content (AvgIpc) is 3.20. The number of carbonyl (C=O) groups is 2. The smallest absolute Gasteiger partial charge is 0.230 e. The summed E-state index contributed by atoms with van der Waals surface area (Å²) in [5.74, 6) is 1.36. The Hall–Kier alpha value is -2.21. The van der Waals surface area contributed by atoms with Crippen LogP contribution in [0.25, 0.3) is 0 Å². The Bertz CT molecular complexity index is 724. The zero-order chi connectivity index (χ0) is 16.9. The number of furan rings is 1. The Kier molecular flexibility index (Phi) is 5.25. The first-order valence-electron chi connectivity index (χ1n) is 7.96. The summed E-state index contributed by atoms with van der Waals surface area (Å²) in [7, 11) is 0. The summed E-state index contributed by atoms with van der Waals surface area (Å²) in [6, 6.07) is 9.65. The Labute approximate surface area is 145 Å². The molecule has 1 aromatic heterocycles. The number of nitrogens with zero attached hydrogens (tertiary/aromatic N) is 1. The number of anilines is 1. The van der Waals surface area contributed by atoms with Gasteiger partial charge in [-0.3, -0.25) is 9.59 Å². The second-order valence-corrected chi connectivity index (χ2v) is 6.74. The minimum absolute atomic E-state index is 0.0144. The van der Waals surface area contributed by atoms with Gasteiger partial charge in [-0.2, -0.15) is 0 Å². The maximum atomic E-state index is 11.9. The largest absolute Gasteiger partial charge is 0.468 e. The quantitative estimate of drug-likeness (QED) is 0.818. The van der Waals surface area contributed by atoms with Gasteiger partial charge in [0.25, 0.3) is 0 Å². The van der Waals surface area contributed by atoms with Crippen molar-refractivity contribution in [3.05, 3.63) is 47.9 Å². The van der Waals surface area contributed by atoms with Crippen molar-refractivity contribution in [2.24, 2.45) is 0 Å². The SMILES string of the molecule is Cc1occc1SCC(=O)NCc1ccc(N2CCCC2=O)cc1. The van der Waals surface area contributed by atoms with Crippen LogP contribution in [-0.2, 0) is 16.1 Å². The molecule has 0 unspecified atom stereocenters. The Morgan fingerprint density at radius 2 is 2.08 bits per heavy atom. The van der Waals surface area contributed by atoms with Gasteiger partial charge in [0, 0.05) is 30.1 Å².